The molecule has 66 valence electrons. The first-order chi connectivity index (χ1) is 5.79. The third kappa shape index (κ3) is 1.07. The van der Waals surface area contributed by atoms with Gasteiger partial charge in [-0.3, -0.25) is 4.57 Å². The molecule has 1 aromatic heterocycles. The lowest BCUT2D eigenvalue weighted by molar-refractivity contribution is 0.512. The van der Waals surface area contributed by atoms with E-state index in [1.165, 1.54) is 25.7 Å². The van der Waals surface area contributed by atoms with Crippen LogP contribution in [-0.2, 0) is 0 Å². The van der Waals surface area contributed by atoms with Crippen molar-refractivity contribution in [1.82, 2.24) is 14.8 Å². The standard InChI is InChI=1S/C8H14N4/c1-6-10-11-8(9)12(6)7-4-2-3-5-7/h7H,2-5H2,1H3,(H2,9,11). The summed E-state index contributed by atoms with van der Waals surface area (Å²) >= 11 is 0. The van der Waals surface area contributed by atoms with Crippen molar-refractivity contribution in [3.05, 3.63) is 5.82 Å². The molecule has 1 aliphatic carbocycles. The number of hydrogen-bond acceptors (Lipinski definition) is 3. The van der Waals surface area contributed by atoms with Gasteiger partial charge in [-0.25, -0.2) is 0 Å². The van der Waals surface area contributed by atoms with Gasteiger partial charge in [-0.15, -0.1) is 10.2 Å². The van der Waals surface area contributed by atoms with Crippen LogP contribution in [-0.4, -0.2) is 14.8 Å². The monoisotopic (exact) mass is 166 g/mol. The molecule has 2 N–H and O–H groups in total. The Labute approximate surface area is 71.8 Å². The Kier molecular flexibility index (Phi) is 1.75. The summed E-state index contributed by atoms with van der Waals surface area (Å²) in [4.78, 5) is 0. The van der Waals surface area contributed by atoms with E-state index < -0.39 is 0 Å². The average Bonchev–Trinajstić information content (AvgIpc) is 2.61. The van der Waals surface area contributed by atoms with Gasteiger partial charge in [-0.1, -0.05) is 12.8 Å². The second-order valence-electron chi connectivity index (χ2n) is 3.41. The molecule has 0 bridgehead atoms. The zero-order valence-electron chi connectivity index (χ0n) is 7.32. The molecular formula is C8H14N4. The molecule has 0 atom stereocenters. The first kappa shape index (κ1) is 7.58. The van der Waals surface area contributed by atoms with Crippen molar-refractivity contribution >= 4 is 5.95 Å². The van der Waals surface area contributed by atoms with Crippen molar-refractivity contribution in [2.75, 3.05) is 5.73 Å². The predicted octanol–water partition coefficient (Wildman–Crippen LogP) is 1.28. The van der Waals surface area contributed by atoms with Gasteiger partial charge >= 0.3 is 0 Å². The van der Waals surface area contributed by atoms with Crippen molar-refractivity contribution in [1.29, 1.82) is 0 Å². The van der Waals surface area contributed by atoms with Crippen LogP contribution in [0.4, 0.5) is 5.95 Å². The van der Waals surface area contributed by atoms with Crippen LogP contribution < -0.4 is 5.73 Å². The summed E-state index contributed by atoms with van der Waals surface area (Å²) in [7, 11) is 0. The van der Waals surface area contributed by atoms with Crippen LogP contribution in [0.1, 0.15) is 37.5 Å². The van der Waals surface area contributed by atoms with E-state index in [2.05, 4.69) is 14.8 Å². The van der Waals surface area contributed by atoms with E-state index >= 15 is 0 Å². The maximum absolute atomic E-state index is 5.71. The number of nitrogens with two attached hydrogens (primary N) is 1. The van der Waals surface area contributed by atoms with Crippen LogP contribution in [0.25, 0.3) is 0 Å². The third-order valence-electron chi connectivity index (χ3n) is 2.58. The zero-order valence-corrected chi connectivity index (χ0v) is 7.32. The van der Waals surface area contributed by atoms with Gasteiger partial charge in [0, 0.05) is 6.04 Å². The highest BCUT2D eigenvalue weighted by Gasteiger charge is 2.20. The molecule has 1 saturated carbocycles. The summed E-state index contributed by atoms with van der Waals surface area (Å²) in [6, 6.07) is 0.556. The smallest absolute Gasteiger partial charge is 0.222 e. The summed E-state index contributed by atoms with van der Waals surface area (Å²) in [5, 5.41) is 7.80. The lowest BCUT2D eigenvalue weighted by atomic mass is 10.2. The first-order valence-corrected chi connectivity index (χ1v) is 4.46. The van der Waals surface area contributed by atoms with E-state index in [0.29, 0.717) is 12.0 Å². The molecule has 0 amide bonds. The normalized spacial score (nSPS) is 18.8. The molecule has 1 heterocycles. The number of aromatic nitrogens is 3. The molecule has 4 heteroatoms. The van der Waals surface area contributed by atoms with Crippen LogP contribution in [0.3, 0.4) is 0 Å². The highest BCUT2D eigenvalue weighted by Crippen LogP contribution is 2.31. The number of nitrogens with zero attached hydrogens (tertiary/aromatic N) is 3. The van der Waals surface area contributed by atoms with E-state index in [1.807, 2.05) is 6.92 Å². The van der Waals surface area contributed by atoms with Crippen molar-refractivity contribution in [2.24, 2.45) is 0 Å². The second kappa shape index (κ2) is 2.77. The molecule has 2 rings (SSSR count). The SMILES string of the molecule is Cc1nnc(N)n1C1CCCC1. The Morgan fingerprint density at radius 1 is 1.33 bits per heavy atom. The fraction of sp³-hybridized carbons (Fsp3) is 0.750. The van der Waals surface area contributed by atoms with Crippen molar-refractivity contribution in [3.8, 4) is 0 Å². The van der Waals surface area contributed by atoms with Gasteiger partial charge < -0.3 is 5.73 Å². The van der Waals surface area contributed by atoms with Crippen LogP contribution in [0.2, 0.25) is 0 Å². The maximum Gasteiger partial charge on any atom is 0.222 e. The minimum Gasteiger partial charge on any atom is -0.368 e. The van der Waals surface area contributed by atoms with Gasteiger partial charge in [0.05, 0.1) is 0 Å². The fourth-order valence-electron chi connectivity index (χ4n) is 2.00. The molecule has 0 spiro atoms. The largest absolute Gasteiger partial charge is 0.368 e. The number of anilines is 1. The molecule has 12 heavy (non-hydrogen) atoms. The lowest BCUT2D eigenvalue weighted by Gasteiger charge is -2.12. The molecule has 0 radical (unpaired) electrons. The third-order valence-corrected chi connectivity index (χ3v) is 2.58. The maximum atomic E-state index is 5.71. The van der Waals surface area contributed by atoms with Gasteiger partial charge in [0.2, 0.25) is 5.95 Å². The Morgan fingerprint density at radius 2 is 2.00 bits per heavy atom. The number of aryl methyl sites for hydroxylation is 1. The van der Waals surface area contributed by atoms with E-state index in [4.69, 9.17) is 5.73 Å². The fourth-order valence-corrected chi connectivity index (χ4v) is 2.00. The van der Waals surface area contributed by atoms with Crippen LogP contribution in [0.5, 0.6) is 0 Å². The molecule has 0 aliphatic heterocycles. The molecule has 4 nitrogen and oxygen atoms in total. The van der Waals surface area contributed by atoms with Gasteiger partial charge in [0.25, 0.3) is 0 Å². The van der Waals surface area contributed by atoms with E-state index in [-0.39, 0.29) is 0 Å². The summed E-state index contributed by atoms with van der Waals surface area (Å²) < 4.78 is 2.06. The molecule has 1 aromatic rings. The van der Waals surface area contributed by atoms with Crippen molar-refractivity contribution in [3.63, 3.8) is 0 Å². The van der Waals surface area contributed by atoms with Crippen LogP contribution in [0, 0.1) is 6.92 Å². The molecule has 0 saturated heterocycles. The second-order valence-corrected chi connectivity index (χ2v) is 3.41. The highest BCUT2D eigenvalue weighted by molar-refractivity contribution is 5.18. The molecule has 1 fully saturated rings. The minimum atomic E-state index is 0.556. The quantitative estimate of drug-likeness (QED) is 0.683. The van der Waals surface area contributed by atoms with Crippen molar-refractivity contribution < 1.29 is 0 Å². The van der Waals surface area contributed by atoms with Gasteiger partial charge in [-0.05, 0) is 19.8 Å². The van der Waals surface area contributed by atoms with Crippen LogP contribution in [0.15, 0.2) is 0 Å². The number of rotatable bonds is 1. The molecular weight excluding hydrogens is 152 g/mol. The van der Waals surface area contributed by atoms with E-state index in [1.54, 1.807) is 0 Å². The Balaban J connectivity index is 2.30. The van der Waals surface area contributed by atoms with Crippen LogP contribution >= 0.6 is 0 Å². The first-order valence-electron chi connectivity index (χ1n) is 4.46. The average molecular weight is 166 g/mol. The van der Waals surface area contributed by atoms with E-state index in [9.17, 15) is 0 Å². The predicted molar refractivity (Wildman–Crippen MR) is 46.7 cm³/mol. The number of hydrogen-bond donors (Lipinski definition) is 1. The minimum absolute atomic E-state index is 0.556. The van der Waals surface area contributed by atoms with Crippen molar-refractivity contribution in [2.45, 2.75) is 38.6 Å². The summed E-state index contributed by atoms with van der Waals surface area (Å²) in [6.07, 6.45) is 5.07. The van der Waals surface area contributed by atoms with Gasteiger partial charge in [0.15, 0.2) is 0 Å². The Morgan fingerprint density at radius 3 is 2.50 bits per heavy atom. The summed E-state index contributed by atoms with van der Waals surface area (Å²) in [6.45, 7) is 1.96. The zero-order chi connectivity index (χ0) is 8.55. The molecule has 1 aliphatic rings. The topological polar surface area (TPSA) is 56.7 Å². The number of nitrogen functional groups attached to an aromatic ring is 1. The van der Waals surface area contributed by atoms with E-state index in [0.717, 1.165) is 5.82 Å². The summed E-state index contributed by atoms with van der Waals surface area (Å²) in [5.41, 5.74) is 5.71. The Hall–Kier alpha value is -1.06. The highest BCUT2D eigenvalue weighted by atomic mass is 15.3. The molecule has 0 aromatic carbocycles. The lowest BCUT2D eigenvalue weighted by Crippen LogP contribution is -2.10. The van der Waals surface area contributed by atoms with Gasteiger partial charge in [0.1, 0.15) is 5.82 Å². The summed E-state index contributed by atoms with van der Waals surface area (Å²) in [5.74, 6) is 1.51. The van der Waals surface area contributed by atoms with Gasteiger partial charge in [-0.2, -0.15) is 0 Å². The Bertz CT molecular complexity index is 253. The molecule has 0 unspecified atom stereocenters.